The molecule has 6 nitrogen and oxygen atoms in total. The summed E-state index contributed by atoms with van der Waals surface area (Å²) in [7, 11) is 0. The van der Waals surface area contributed by atoms with Gasteiger partial charge in [-0.2, -0.15) is 17.9 Å². The van der Waals surface area contributed by atoms with Crippen LogP contribution < -0.4 is 10.5 Å². The van der Waals surface area contributed by atoms with Crippen molar-refractivity contribution < 1.29 is 22.8 Å². The van der Waals surface area contributed by atoms with Gasteiger partial charge in [-0.1, -0.05) is 12.1 Å². The lowest BCUT2D eigenvalue weighted by Gasteiger charge is -2.04. The van der Waals surface area contributed by atoms with Crippen molar-refractivity contribution in [3.63, 3.8) is 0 Å². The Hall–Kier alpha value is -2.58. The van der Waals surface area contributed by atoms with Crippen LogP contribution in [-0.4, -0.2) is 26.7 Å². The van der Waals surface area contributed by atoms with Gasteiger partial charge in [0, 0.05) is 0 Å². The Morgan fingerprint density at radius 1 is 1.35 bits per heavy atom. The Morgan fingerprint density at radius 2 is 2.05 bits per heavy atom. The molecule has 1 aromatic carbocycles. The van der Waals surface area contributed by atoms with E-state index < -0.39 is 17.8 Å². The summed E-state index contributed by atoms with van der Waals surface area (Å²) in [6.07, 6.45) is -4.50. The van der Waals surface area contributed by atoms with Crippen molar-refractivity contribution in [2.45, 2.75) is 13.1 Å². The molecule has 0 N–H and O–H groups in total. The average molecular weight is 287 g/mol. The molecule has 0 saturated carbocycles. The Bertz CT molecular complexity index is 703. The summed E-state index contributed by atoms with van der Waals surface area (Å²) in [5.74, 6) is -2.50. The van der Waals surface area contributed by atoms with Gasteiger partial charge in [0.2, 0.25) is 0 Å². The maximum absolute atomic E-state index is 12.0. The van der Waals surface area contributed by atoms with Crippen molar-refractivity contribution in [2.75, 3.05) is 0 Å². The second kappa shape index (κ2) is 4.83. The van der Waals surface area contributed by atoms with Crippen LogP contribution in [0.2, 0.25) is 0 Å². The Balaban J connectivity index is 2.33. The highest BCUT2D eigenvalue weighted by Gasteiger charge is 2.42. The summed E-state index contributed by atoms with van der Waals surface area (Å²) in [6, 6.07) is 6.56. The Kier molecular flexibility index (Phi) is 3.35. The molecule has 0 amide bonds. The number of alkyl halides is 3. The van der Waals surface area contributed by atoms with Crippen LogP contribution in [-0.2, 0) is 4.79 Å². The molecule has 2 aromatic rings. The molecule has 0 radical (unpaired) electrons. The fourth-order valence-electron chi connectivity index (χ4n) is 1.43. The van der Waals surface area contributed by atoms with E-state index in [4.69, 9.17) is 0 Å². The summed E-state index contributed by atoms with van der Waals surface area (Å²) in [5, 5.41) is 3.58. The van der Waals surface area contributed by atoms with Crippen molar-refractivity contribution in [1.29, 1.82) is 0 Å². The second-order valence-electron chi connectivity index (χ2n) is 3.87. The summed E-state index contributed by atoms with van der Waals surface area (Å²) >= 11 is 0. The highest BCUT2D eigenvalue weighted by molar-refractivity contribution is 5.75. The first-order valence-corrected chi connectivity index (χ1v) is 5.32. The molecule has 0 bridgehead atoms. The van der Waals surface area contributed by atoms with Crippen molar-refractivity contribution in [3.05, 3.63) is 46.6 Å². The van der Waals surface area contributed by atoms with Crippen molar-refractivity contribution in [2.24, 2.45) is 0 Å². The fraction of sp³-hybridized carbons (Fsp3) is 0.182. The number of hydrogen-bond acceptors (Lipinski definition) is 4. The van der Waals surface area contributed by atoms with E-state index in [1.807, 2.05) is 0 Å². The largest absolute Gasteiger partial charge is 0.493 e. The van der Waals surface area contributed by atoms with E-state index in [2.05, 4.69) is 9.94 Å². The first-order chi connectivity index (χ1) is 9.29. The number of nitrogens with zero attached hydrogens (tertiary/aromatic N) is 3. The topological polar surface area (TPSA) is 66.1 Å². The van der Waals surface area contributed by atoms with Crippen LogP contribution in [0.5, 0.6) is 0 Å². The molecule has 106 valence electrons. The van der Waals surface area contributed by atoms with E-state index in [1.54, 1.807) is 25.1 Å². The lowest BCUT2D eigenvalue weighted by molar-refractivity contribution is -0.200. The number of halogens is 3. The van der Waals surface area contributed by atoms with Crippen LogP contribution in [0.25, 0.3) is 5.69 Å². The van der Waals surface area contributed by atoms with Crippen molar-refractivity contribution in [1.82, 2.24) is 14.5 Å². The molecule has 0 aliphatic carbocycles. The minimum Gasteiger partial charge on any atom is -0.322 e. The molecule has 20 heavy (non-hydrogen) atoms. The number of carbonyl (C=O) groups is 1. The molecule has 0 saturated heterocycles. The number of benzene rings is 1. The van der Waals surface area contributed by atoms with E-state index in [9.17, 15) is 22.8 Å². The molecular weight excluding hydrogens is 279 g/mol. The average Bonchev–Trinajstić information content (AvgIpc) is 2.70. The maximum atomic E-state index is 12.0. The molecule has 0 spiro atoms. The van der Waals surface area contributed by atoms with Crippen molar-refractivity contribution in [3.8, 4) is 5.69 Å². The predicted molar refractivity (Wildman–Crippen MR) is 60.2 cm³/mol. The van der Waals surface area contributed by atoms with Gasteiger partial charge >= 0.3 is 17.8 Å². The molecule has 0 fully saturated rings. The first kappa shape index (κ1) is 13.8. The minimum absolute atomic E-state index is 0.123. The van der Waals surface area contributed by atoms with Gasteiger partial charge in [0.25, 0.3) is 0 Å². The number of rotatable bonds is 2. The van der Waals surface area contributed by atoms with Gasteiger partial charge in [-0.25, -0.2) is 9.59 Å². The summed E-state index contributed by atoms with van der Waals surface area (Å²) in [6.45, 7) is 1.77. The van der Waals surface area contributed by atoms with E-state index in [1.165, 1.54) is 6.07 Å². The van der Waals surface area contributed by atoms with Gasteiger partial charge in [0.05, 0.1) is 5.69 Å². The standard InChI is InChI=1S/C11H8F3N3O3/c1-7-3-2-4-8(5-7)17-10(19)16(6-15-17)20-9(18)11(12,13)14/h2-6H,1H3. The zero-order valence-corrected chi connectivity index (χ0v) is 10.1. The van der Waals surface area contributed by atoms with Gasteiger partial charge in [-0.05, 0) is 24.6 Å². The summed E-state index contributed by atoms with van der Waals surface area (Å²) in [5.41, 5.74) is 0.154. The molecule has 1 aromatic heterocycles. The van der Waals surface area contributed by atoms with Crippen LogP contribution in [0.1, 0.15) is 5.56 Å². The monoisotopic (exact) mass is 287 g/mol. The summed E-state index contributed by atoms with van der Waals surface area (Å²) in [4.78, 5) is 26.3. The lowest BCUT2D eigenvalue weighted by Crippen LogP contribution is -2.38. The quantitative estimate of drug-likeness (QED) is 0.821. The van der Waals surface area contributed by atoms with Crippen LogP contribution >= 0.6 is 0 Å². The zero-order valence-electron chi connectivity index (χ0n) is 10.1. The van der Waals surface area contributed by atoms with Crippen LogP contribution in [0.4, 0.5) is 13.2 Å². The number of aromatic nitrogens is 3. The van der Waals surface area contributed by atoms with Crippen LogP contribution in [0.3, 0.4) is 0 Å². The highest BCUT2D eigenvalue weighted by atomic mass is 19.4. The maximum Gasteiger partial charge on any atom is 0.493 e. The molecule has 2 rings (SSSR count). The third-order valence-electron chi connectivity index (χ3n) is 2.30. The van der Waals surface area contributed by atoms with E-state index in [0.717, 1.165) is 10.2 Å². The summed E-state index contributed by atoms with van der Waals surface area (Å²) < 4.78 is 37.0. The van der Waals surface area contributed by atoms with Crippen molar-refractivity contribution >= 4 is 5.97 Å². The Labute approximate surface area is 110 Å². The normalized spacial score (nSPS) is 11.4. The minimum atomic E-state index is -5.19. The van der Waals surface area contributed by atoms with Gasteiger partial charge in [0.15, 0.2) is 6.33 Å². The van der Waals surface area contributed by atoms with Crippen LogP contribution in [0.15, 0.2) is 35.4 Å². The third-order valence-corrected chi connectivity index (χ3v) is 2.30. The van der Waals surface area contributed by atoms with Gasteiger partial charge in [-0.15, -0.1) is 9.83 Å². The number of hydrogen-bond donors (Lipinski definition) is 0. The SMILES string of the molecule is Cc1cccc(-n2ncn(OC(=O)C(F)(F)F)c2=O)c1. The number of aryl methyl sites for hydroxylation is 1. The highest BCUT2D eigenvalue weighted by Crippen LogP contribution is 2.14. The van der Waals surface area contributed by atoms with E-state index in [0.29, 0.717) is 12.0 Å². The van der Waals surface area contributed by atoms with E-state index in [-0.39, 0.29) is 4.73 Å². The first-order valence-electron chi connectivity index (χ1n) is 5.32. The Morgan fingerprint density at radius 3 is 2.65 bits per heavy atom. The zero-order chi connectivity index (χ0) is 14.9. The van der Waals surface area contributed by atoms with Gasteiger partial charge < -0.3 is 4.84 Å². The van der Waals surface area contributed by atoms with Crippen LogP contribution in [0, 0.1) is 6.92 Å². The molecule has 1 heterocycles. The third kappa shape index (κ3) is 2.71. The van der Waals surface area contributed by atoms with Gasteiger partial charge in [-0.3, -0.25) is 0 Å². The molecule has 0 aliphatic heterocycles. The molecular formula is C11H8F3N3O3. The predicted octanol–water partition coefficient (Wildman–Crippen LogP) is 0.860. The number of carbonyl (C=O) groups excluding carboxylic acids is 1. The molecule has 0 atom stereocenters. The smallest absolute Gasteiger partial charge is 0.322 e. The molecule has 0 aliphatic rings. The molecule has 0 unspecified atom stereocenters. The lowest BCUT2D eigenvalue weighted by atomic mass is 10.2. The molecule has 9 heteroatoms. The van der Waals surface area contributed by atoms with Gasteiger partial charge in [0.1, 0.15) is 0 Å². The fourth-order valence-corrected chi connectivity index (χ4v) is 1.43. The second-order valence-corrected chi connectivity index (χ2v) is 3.87. The van der Waals surface area contributed by atoms with E-state index >= 15 is 0 Å².